The number of rotatable bonds is 12. The number of primary amides is 1. The van der Waals surface area contributed by atoms with Crippen LogP contribution in [0.15, 0.2) is 0 Å². The number of carbonyl (C=O) groups excluding carboxylic acids is 1. The molecule has 0 atom stereocenters. The quantitative estimate of drug-likeness (QED) is 0.504. The molecule has 5 heteroatoms. The van der Waals surface area contributed by atoms with Gasteiger partial charge in [0, 0.05) is 13.0 Å². The molecule has 5 nitrogen and oxygen atoms in total. The molecule has 1 amide bonds. The molecule has 0 aromatic heterocycles. The topological polar surface area (TPSA) is 70.8 Å². The van der Waals surface area contributed by atoms with E-state index in [0.29, 0.717) is 33.0 Å². The Hall–Kier alpha value is -0.650. The average Bonchev–Trinajstić information content (AvgIpc) is 2.25. The van der Waals surface area contributed by atoms with Gasteiger partial charge in [-0.05, 0) is 6.42 Å². The van der Waals surface area contributed by atoms with Crippen molar-refractivity contribution >= 4 is 5.91 Å². The lowest BCUT2D eigenvalue weighted by Crippen LogP contribution is -2.15. The first kappa shape index (κ1) is 15.3. The molecule has 0 spiro atoms. The minimum Gasteiger partial charge on any atom is -0.379 e. The first-order valence-electron chi connectivity index (χ1n) is 5.79. The zero-order valence-electron chi connectivity index (χ0n) is 10.1. The van der Waals surface area contributed by atoms with E-state index in [1.165, 1.54) is 0 Å². The van der Waals surface area contributed by atoms with Gasteiger partial charge in [0.1, 0.15) is 0 Å². The monoisotopic (exact) mass is 233 g/mol. The van der Waals surface area contributed by atoms with Gasteiger partial charge in [0.05, 0.1) is 33.0 Å². The fourth-order valence-electron chi connectivity index (χ4n) is 0.961. The van der Waals surface area contributed by atoms with Gasteiger partial charge in [0.15, 0.2) is 0 Å². The maximum atomic E-state index is 10.4. The molecule has 0 unspecified atom stereocenters. The predicted octanol–water partition coefficient (Wildman–Crippen LogP) is 0.712. The zero-order valence-corrected chi connectivity index (χ0v) is 10.1. The van der Waals surface area contributed by atoms with E-state index in [0.717, 1.165) is 19.4 Å². The maximum absolute atomic E-state index is 10.4. The van der Waals surface area contributed by atoms with E-state index >= 15 is 0 Å². The summed E-state index contributed by atoms with van der Waals surface area (Å²) in [7, 11) is 0. The molecule has 0 radical (unpaired) electrons. The second kappa shape index (κ2) is 12.4. The van der Waals surface area contributed by atoms with Crippen molar-refractivity contribution in [3.8, 4) is 0 Å². The Balaban J connectivity index is 2.90. The molecule has 0 saturated heterocycles. The highest BCUT2D eigenvalue weighted by molar-refractivity contribution is 5.73. The normalized spacial score (nSPS) is 10.6. The lowest BCUT2D eigenvalue weighted by molar-refractivity contribution is -0.119. The van der Waals surface area contributed by atoms with Crippen molar-refractivity contribution in [1.29, 1.82) is 0 Å². The molecule has 0 aromatic rings. The molecule has 16 heavy (non-hydrogen) atoms. The summed E-state index contributed by atoms with van der Waals surface area (Å²) in [5, 5.41) is 0. The van der Waals surface area contributed by atoms with Crippen LogP contribution < -0.4 is 5.73 Å². The highest BCUT2D eigenvalue weighted by atomic mass is 16.5. The molecule has 0 rings (SSSR count). The highest BCUT2D eigenvalue weighted by Crippen LogP contribution is 1.88. The third kappa shape index (κ3) is 13.4. The van der Waals surface area contributed by atoms with Gasteiger partial charge in [-0.15, -0.1) is 0 Å². The molecule has 0 aliphatic heterocycles. The molecule has 96 valence electrons. The Kier molecular flexibility index (Phi) is 11.9. The van der Waals surface area contributed by atoms with Crippen LogP contribution in [0.3, 0.4) is 0 Å². The van der Waals surface area contributed by atoms with Gasteiger partial charge in [0.25, 0.3) is 0 Å². The Bertz CT molecular complexity index is 164. The van der Waals surface area contributed by atoms with E-state index in [9.17, 15) is 4.79 Å². The van der Waals surface area contributed by atoms with E-state index in [2.05, 4.69) is 6.92 Å². The summed E-state index contributed by atoms with van der Waals surface area (Å²) in [4.78, 5) is 10.4. The van der Waals surface area contributed by atoms with Gasteiger partial charge < -0.3 is 19.9 Å². The van der Waals surface area contributed by atoms with Crippen molar-refractivity contribution in [3.05, 3.63) is 0 Å². The van der Waals surface area contributed by atoms with E-state index in [1.54, 1.807) is 0 Å². The van der Waals surface area contributed by atoms with Crippen LogP contribution in [0.2, 0.25) is 0 Å². The lowest BCUT2D eigenvalue weighted by Gasteiger charge is -2.05. The smallest absolute Gasteiger partial charge is 0.219 e. The summed E-state index contributed by atoms with van der Waals surface area (Å²) in [6.45, 7) is 5.52. The number of hydrogen-bond acceptors (Lipinski definition) is 4. The first-order valence-corrected chi connectivity index (χ1v) is 5.79. The molecule has 0 saturated carbocycles. The summed E-state index contributed by atoms with van der Waals surface area (Å²) in [6.07, 6.45) is 2.50. The number of ether oxygens (including phenoxy) is 3. The average molecular weight is 233 g/mol. The van der Waals surface area contributed by atoms with Crippen molar-refractivity contribution in [1.82, 2.24) is 0 Å². The van der Waals surface area contributed by atoms with E-state index < -0.39 is 0 Å². The van der Waals surface area contributed by atoms with Gasteiger partial charge in [-0.3, -0.25) is 4.79 Å². The minimum atomic E-state index is -0.342. The third-order valence-electron chi connectivity index (χ3n) is 1.88. The van der Waals surface area contributed by atoms with Crippen molar-refractivity contribution in [2.24, 2.45) is 5.73 Å². The van der Waals surface area contributed by atoms with Gasteiger partial charge in [-0.25, -0.2) is 0 Å². The van der Waals surface area contributed by atoms with Crippen LogP contribution in [0.4, 0.5) is 0 Å². The van der Waals surface area contributed by atoms with Gasteiger partial charge >= 0.3 is 0 Å². The summed E-state index contributed by atoms with van der Waals surface area (Å²) in [5.41, 5.74) is 4.95. The van der Waals surface area contributed by atoms with E-state index in [4.69, 9.17) is 19.9 Å². The van der Waals surface area contributed by atoms with Crippen molar-refractivity contribution in [2.45, 2.75) is 26.2 Å². The lowest BCUT2D eigenvalue weighted by atomic mass is 10.4. The van der Waals surface area contributed by atoms with Crippen LogP contribution in [0.1, 0.15) is 26.2 Å². The summed E-state index contributed by atoms with van der Waals surface area (Å²) in [5.74, 6) is -0.342. The van der Waals surface area contributed by atoms with Crippen LogP contribution in [0.5, 0.6) is 0 Å². The van der Waals surface area contributed by atoms with Crippen molar-refractivity contribution in [2.75, 3.05) is 39.6 Å². The number of carbonyl (C=O) groups is 1. The molecule has 0 aromatic carbocycles. The molecule has 0 heterocycles. The largest absolute Gasteiger partial charge is 0.379 e. The van der Waals surface area contributed by atoms with Crippen LogP contribution in [-0.2, 0) is 19.0 Å². The SMILES string of the molecule is CCCCOCCOCCOCCC(N)=O. The molecule has 2 N–H and O–H groups in total. The van der Waals surface area contributed by atoms with Gasteiger partial charge in [-0.1, -0.05) is 13.3 Å². The van der Waals surface area contributed by atoms with Crippen LogP contribution in [0.25, 0.3) is 0 Å². The Morgan fingerprint density at radius 1 is 0.938 bits per heavy atom. The van der Waals surface area contributed by atoms with Gasteiger partial charge in [0.2, 0.25) is 5.91 Å². The number of nitrogens with two attached hydrogens (primary N) is 1. The number of unbranched alkanes of at least 4 members (excludes halogenated alkanes) is 1. The summed E-state index contributed by atoms with van der Waals surface area (Å²) in [6, 6.07) is 0. The zero-order chi connectivity index (χ0) is 12.1. The second-order valence-electron chi connectivity index (χ2n) is 3.41. The summed E-state index contributed by atoms with van der Waals surface area (Å²) >= 11 is 0. The highest BCUT2D eigenvalue weighted by Gasteiger charge is 1.94. The predicted molar refractivity (Wildman–Crippen MR) is 61.2 cm³/mol. The molecule has 0 fully saturated rings. The van der Waals surface area contributed by atoms with Crippen molar-refractivity contribution in [3.63, 3.8) is 0 Å². The van der Waals surface area contributed by atoms with E-state index in [-0.39, 0.29) is 12.3 Å². The molecular weight excluding hydrogens is 210 g/mol. The molecule has 0 aliphatic carbocycles. The fraction of sp³-hybridized carbons (Fsp3) is 0.909. The van der Waals surface area contributed by atoms with E-state index in [1.807, 2.05) is 0 Å². The van der Waals surface area contributed by atoms with Crippen molar-refractivity contribution < 1.29 is 19.0 Å². The number of hydrogen-bond donors (Lipinski definition) is 1. The fourth-order valence-corrected chi connectivity index (χ4v) is 0.961. The first-order chi connectivity index (χ1) is 7.77. The molecule has 0 bridgehead atoms. The van der Waals surface area contributed by atoms with Crippen LogP contribution >= 0.6 is 0 Å². The maximum Gasteiger partial charge on any atom is 0.219 e. The Labute approximate surface area is 97.2 Å². The van der Waals surface area contributed by atoms with Crippen LogP contribution in [0, 0.1) is 0 Å². The Morgan fingerprint density at radius 2 is 1.44 bits per heavy atom. The number of amides is 1. The van der Waals surface area contributed by atoms with Gasteiger partial charge in [-0.2, -0.15) is 0 Å². The van der Waals surface area contributed by atoms with Crippen LogP contribution in [-0.4, -0.2) is 45.5 Å². The second-order valence-corrected chi connectivity index (χ2v) is 3.41. The third-order valence-corrected chi connectivity index (χ3v) is 1.88. The standard InChI is InChI=1S/C11H23NO4/c1-2-3-5-14-7-9-16-10-8-15-6-4-11(12)13/h2-10H2,1H3,(H2,12,13). The Morgan fingerprint density at radius 3 is 1.94 bits per heavy atom. The molecule has 0 aliphatic rings. The minimum absolute atomic E-state index is 0.264. The molecular formula is C11H23NO4. The summed E-state index contributed by atoms with van der Waals surface area (Å²) < 4.78 is 15.7.